The summed E-state index contributed by atoms with van der Waals surface area (Å²) in [4.78, 5) is 0. The van der Waals surface area contributed by atoms with Crippen LogP contribution in [0.3, 0.4) is 0 Å². The number of hydrogen-bond donors (Lipinski definition) is 1. The molecule has 1 aliphatic rings. The third kappa shape index (κ3) is 3.26. The van der Waals surface area contributed by atoms with Crippen molar-refractivity contribution >= 4 is 0 Å². The fourth-order valence-corrected chi connectivity index (χ4v) is 2.70. The van der Waals surface area contributed by atoms with Gasteiger partial charge in [-0.1, -0.05) is 19.4 Å². The van der Waals surface area contributed by atoms with Gasteiger partial charge in [0.2, 0.25) is 0 Å². The maximum atomic E-state index is 6.19. The largest absolute Gasteiger partial charge is 0.489 e. The van der Waals surface area contributed by atoms with Crippen molar-refractivity contribution in [2.45, 2.75) is 58.6 Å². The fraction of sp³-hybridized carbons (Fsp3) is 0.625. The minimum Gasteiger partial charge on any atom is -0.489 e. The highest BCUT2D eigenvalue weighted by molar-refractivity contribution is 5.34. The molecule has 0 amide bonds. The Morgan fingerprint density at radius 1 is 1.17 bits per heavy atom. The standard InChI is InChI=1S/C16H25NO/c1-4-17-15-7-5-6-8-16(15)18-14-10-9-12(2)13(3)11-14/h9-11,15-17H,4-8H2,1-3H3. The summed E-state index contributed by atoms with van der Waals surface area (Å²) < 4.78 is 6.19. The molecule has 1 saturated carbocycles. The first-order valence-corrected chi connectivity index (χ1v) is 7.18. The molecule has 0 radical (unpaired) electrons. The van der Waals surface area contributed by atoms with Gasteiger partial charge in [-0.05, 0) is 62.9 Å². The van der Waals surface area contributed by atoms with E-state index in [1.165, 1.54) is 36.8 Å². The van der Waals surface area contributed by atoms with E-state index < -0.39 is 0 Å². The topological polar surface area (TPSA) is 21.3 Å². The lowest BCUT2D eigenvalue weighted by atomic mass is 9.92. The van der Waals surface area contributed by atoms with E-state index >= 15 is 0 Å². The van der Waals surface area contributed by atoms with Crippen LogP contribution in [0.4, 0.5) is 0 Å². The molecule has 0 saturated heterocycles. The molecule has 100 valence electrons. The Labute approximate surface area is 111 Å². The zero-order valence-corrected chi connectivity index (χ0v) is 11.8. The highest BCUT2D eigenvalue weighted by Crippen LogP contribution is 2.25. The van der Waals surface area contributed by atoms with Crippen LogP contribution < -0.4 is 10.1 Å². The summed E-state index contributed by atoms with van der Waals surface area (Å²) in [6.07, 6.45) is 5.36. The van der Waals surface area contributed by atoms with Crippen LogP contribution in [0.1, 0.15) is 43.7 Å². The Hall–Kier alpha value is -1.02. The predicted molar refractivity (Wildman–Crippen MR) is 76.3 cm³/mol. The minimum atomic E-state index is 0.334. The molecule has 1 N–H and O–H groups in total. The lowest BCUT2D eigenvalue weighted by Crippen LogP contribution is -2.45. The Balaban J connectivity index is 2.03. The van der Waals surface area contributed by atoms with E-state index in [-0.39, 0.29) is 0 Å². The molecule has 0 heterocycles. The van der Waals surface area contributed by atoms with E-state index in [4.69, 9.17) is 4.74 Å². The summed E-state index contributed by atoms with van der Waals surface area (Å²) in [5.74, 6) is 1.02. The van der Waals surface area contributed by atoms with Crippen molar-refractivity contribution in [2.24, 2.45) is 0 Å². The minimum absolute atomic E-state index is 0.334. The SMILES string of the molecule is CCNC1CCCCC1Oc1ccc(C)c(C)c1. The number of likely N-dealkylation sites (N-methyl/N-ethyl adjacent to an activating group) is 1. The molecule has 18 heavy (non-hydrogen) atoms. The van der Waals surface area contributed by atoms with Crippen LogP contribution >= 0.6 is 0 Å². The lowest BCUT2D eigenvalue weighted by Gasteiger charge is -2.32. The van der Waals surface area contributed by atoms with Crippen molar-refractivity contribution in [3.05, 3.63) is 29.3 Å². The highest BCUT2D eigenvalue weighted by atomic mass is 16.5. The first-order chi connectivity index (χ1) is 8.70. The normalized spacial score (nSPS) is 23.9. The first kappa shape index (κ1) is 13.4. The van der Waals surface area contributed by atoms with Crippen molar-refractivity contribution in [2.75, 3.05) is 6.54 Å². The number of aryl methyl sites for hydroxylation is 2. The molecule has 2 rings (SSSR count). The third-order valence-electron chi connectivity index (χ3n) is 3.93. The highest BCUT2D eigenvalue weighted by Gasteiger charge is 2.25. The molecule has 2 unspecified atom stereocenters. The number of ether oxygens (including phenoxy) is 1. The van der Waals surface area contributed by atoms with Gasteiger partial charge in [-0.15, -0.1) is 0 Å². The van der Waals surface area contributed by atoms with Crippen molar-refractivity contribution in [1.29, 1.82) is 0 Å². The first-order valence-electron chi connectivity index (χ1n) is 7.18. The molecule has 2 heteroatoms. The van der Waals surface area contributed by atoms with E-state index in [0.29, 0.717) is 12.1 Å². The summed E-state index contributed by atoms with van der Waals surface area (Å²) in [5.41, 5.74) is 2.64. The van der Waals surface area contributed by atoms with Gasteiger partial charge < -0.3 is 10.1 Å². The fourth-order valence-electron chi connectivity index (χ4n) is 2.70. The number of rotatable bonds is 4. The maximum Gasteiger partial charge on any atom is 0.120 e. The van der Waals surface area contributed by atoms with Crippen LogP contribution in [0.25, 0.3) is 0 Å². The summed E-state index contributed by atoms with van der Waals surface area (Å²) in [6, 6.07) is 6.92. The van der Waals surface area contributed by atoms with E-state index in [1.54, 1.807) is 0 Å². The van der Waals surface area contributed by atoms with Gasteiger partial charge in [0.05, 0.1) is 0 Å². The lowest BCUT2D eigenvalue weighted by molar-refractivity contribution is 0.115. The van der Waals surface area contributed by atoms with Crippen LogP contribution in [0.5, 0.6) is 5.75 Å². The van der Waals surface area contributed by atoms with Crippen LogP contribution in [0.2, 0.25) is 0 Å². The van der Waals surface area contributed by atoms with Gasteiger partial charge in [-0.2, -0.15) is 0 Å². The van der Waals surface area contributed by atoms with E-state index in [2.05, 4.69) is 44.3 Å². The average Bonchev–Trinajstić information content (AvgIpc) is 2.37. The second-order valence-electron chi connectivity index (χ2n) is 5.35. The molecule has 1 aromatic carbocycles. The maximum absolute atomic E-state index is 6.19. The van der Waals surface area contributed by atoms with Crippen molar-refractivity contribution in [3.63, 3.8) is 0 Å². The molecular formula is C16H25NO. The van der Waals surface area contributed by atoms with Gasteiger partial charge in [-0.25, -0.2) is 0 Å². The van der Waals surface area contributed by atoms with Gasteiger partial charge >= 0.3 is 0 Å². The van der Waals surface area contributed by atoms with Crippen LogP contribution in [0.15, 0.2) is 18.2 Å². The predicted octanol–water partition coefficient (Wildman–Crippen LogP) is 3.60. The summed E-state index contributed by atoms with van der Waals surface area (Å²) in [6.45, 7) is 7.48. The van der Waals surface area contributed by atoms with Gasteiger partial charge in [-0.3, -0.25) is 0 Å². The molecule has 0 aromatic heterocycles. The van der Waals surface area contributed by atoms with Crippen LogP contribution in [0, 0.1) is 13.8 Å². The average molecular weight is 247 g/mol. The van der Waals surface area contributed by atoms with Gasteiger partial charge in [0.25, 0.3) is 0 Å². The Kier molecular flexibility index (Phi) is 4.65. The monoisotopic (exact) mass is 247 g/mol. The molecule has 2 atom stereocenters. The number of hydrogen-bond acceptors (Lipinski definition) is 2. The molecule has 1 aliphatic carbocycles. The van der Waals surface area contributed by atoms with E-state index in [0.717, 1.165) is 12.3 Å². The van der Waals surface area contributed by atoms with Crippen molar-refractivity contribution in [1.82, 2.24) is 5.32 Å². The molecule has 0 bridgehead atoms. The molecule has 2 nitrogen and oxygen atoms in total. The number of benzene rings is 1. The van der Waals surface area contributed by atoms with Gasteiger partial charge in [0, 0.05) is 6.04 Å². The van der Waals surface area contributed by atoms with E-state index in [9.17, 15) is 0 Å². The van der Waals surface area contributed by atoms with Crippen molar-refractivity contribution < 1.29 is 4.74 Å². The van der Waals surface area contributed by atoms with Crippen LogP contribution in [-0.2, 0) is 0 Å². The summed E-state index contributed by atoms with van der Waals surface area (Å²) in [5, 5.41) is 3.56. The smallest absolute Gasteiger partial charge is 0.120 e. The number of nitrogens with one attached hydrogen (secondary N) is 1. The van der Waals surface area contributed by atoms with E-state index in [1.807, 2.05) is 0 Å². The molecule has 1 fully saturated rings. The zero-order valence-electron chi connectivity index (χ0n) is 11.8. The zero-order chi connectivity index (χ0) is 13.0. The Morgan fingerprint density at radius 3 is 2.67 bits per heavy atom. The second kappa shape index (κ2) is 6.24. The van der Waals surface area contributed by atoms with Gasteiger partial charge in [0.1, 0.15) is 11.9 Å². The van der Waals surface area contributed by atoms with Crippen LogP contribution in [-0.4, -0.2) is 18.7 Å². The molecular weight excluding hydrogens is 222 g/mol. The molecule has 1 aromatic rings. The molecule has 0 spiro atoms. The Bertz CT molecular complexity index is 387. The second-order valence-corrected chi connectivity index (χ2v) is 5.35. The quantitative estimate of drug-likeness (QED) is 0.877. The summed E-state index contributed by atoms with van der Waals surface area (Å²) in [7, 11) is 0. The third-order valence-corrected chi connectivity index (χ3v) is 3.93. The summed E-state index contributed by atoms with van der Waals surface area (Å²) >= 11 is 0. The van der Waals surface area contributed by atoms with Crippen molar-refractivity contribution in [3.8, 4) is 5.75 Å². The van der Waals surface area contributed by atoms with Gasteiger partial charge in [0.15, 0.2) is 0 Å². The molecule has 0 aliphatic heterocycles. The Morgan fingerprint density at radius 2 is 1.94 bits per heavy atom.